The highest BCUT2D eigenvalue weighted by Crippen LogP contribution is 2.21. The molecule has 0 amide bonds. The number of aliphatic hydroxyl groups excluding tert-OH is 1. The molecule has 0 saturated carbocycles. The smallest absolute Gasteiger partial charge is 0.122 e. The van der Waals surface area contributed by atoms with Crippen LogP contribution in [-0.2, 0) is 12.8 Å². The van der Waals surface area contributed by atoms with Crippen LogP contribution in [0.3, 0.4) is 0 Å². The molecule has 0 fully saturated rings. The molecule has 0 unspecified atom stereocenters. The topological polar surface area (TPSA) is 29.5 Å². The van der Waals surface area contributed by atoms with E-state index in [0.717, 1.165) is 18.6 Å². The van der Waals surface area contributed by atoms with E-state index in [1.807, 2.05) is 18.2 Å². The molecule has 2 rings (SSSR count). The fourth-order valence-electron chi connectivity index (χ4n) is 2.02. The van der Waals surface area contributed by atoms with Crippen molar-refractivity contribution in [3.05, 3.63) is 65.2 Å². The highest BCUT2D eigenvalue weighted by atomic mass is 16.5. The summed E-state index contributed by atoms with van der Waals surface area (Å²) >= 11 is 0. The lowest BCUT2D eigenvalue weighted by atomic mass is 10.0. The molecule has 0 aliphatic carbocycles. The second-order valence-corrected chi connectivity index (χ2v) is 4.28. The van der Waals surface area contributed by atoms with Gasteiger partial charge in [0, 0.05) is 13.0 Å². The summed E-state index contributed by atoms with van der Waals surface area (Å²) in [7, 11) is 1.70. The SMILES string of the molecule is COc1ccccc1Cc1ccc(CCO)cc1. The summed E-state index contributed by atoms with van der Waals surface area (Å²) in [6.45, 7) is 0.200. The lowest BCUT2D eigenvalue weighted by Gasteiger charge is -2.08. The monoisotopic (exact) mass is 242 g/mol. The first-order chi connectivity index (χ1) is 8.83. The summed E-state index contributed by atoms with van der Waals surface area (Å²) in [5, 5.41) is 8.88. The number of aliphatic hydroxyl groups is 1. The van der Waals surface area contributed by atoms with Gasteiger partial charge < -0.3 is 9.84 Å². The maximum atomic E-state index is 8.88. The Morgan fingerprint density at radius 3 is 2.28 bits per heavy atom. The van der Waals surface area contributed by atoms with E-state index in [1.54, 1.807) is 7.11 Å². The first kappa shape index (κ1) is 12.7. The van der Waals surface area contributed by atoms with Gasteiger partial charge in [-0.05, 0) is 29.2 Å². The van der Waals surface area contributed by atoms with E-state index in [1.165, 1.54) is 16.7 Å². The van der Waals surface area contributed by atoms with Crippen molar-refractivity contribution in [2.24, 2.45) is 0 Å². The Labute approximate surface area is 108 Å². The van der Waals surface area contributed by atoms with Crippen LogP contribution < -0.4 is 4.74 Å². The standard InChI is InChI=1S/C16H18O2/c1-18-16-5-3-2-4-15(16)12-14-8-6-13(7-9-14)10-11-17/h2-9,17H,10-12H2,1H3. The van der Waals surface area contributed by atoms with Crippen molar-refractivity contribution >= 4 is 0 Å². The molecule has 0 heterocycles. The van der Waals surface area contributed by atoms with Crippen LogP contribution in [0.1, 0.15) is 16.7 Å². The van der Waals surface area contributed by atoms with Gasteiger partial charge in [0.15, 0.2) is 0 Å². The summed E-state index contributed by atoms with van der Waals surface area (Å²) < 4.78 is 5.35. The molecule has 0 aromatic heterocycles. The fourth-order valence-corrected chi connectivity index (χ4v) is 2.02. The van der Waals surface area contributed by atoms with E-state index < -0.39 is 0 Å². The average molecular weight is 242 g/mol. The minimum Gasteiger partial charge on any atom is -0.496 e. The third-order valence-electron chi connectivity index (χ3n) is 3.01. The Kier molecular flexibility index (Phi) is 4.37. The second-order valence-electron chi connectivity index (χ2n) is 4.28. The van der Waals surface area contributed by atoms with Gasteiger partial charge in [-0.1, -0.05) is 42.5 Å². The summed E-state index contributed by atoms with van der Waals surface area (Å²) in [5.74, 6) is 0.928. The third-order valence-corrected chi connectivity index (χ3v) is 3.01. The van der Waals surface area contributed by atoms with E-state index in [-0.39, 0.29) is 6.61 Å². The van der Waals surface area contributed by atoms with Crippen LogP contribution in [0.5, 0.6) is 5.75 Å². The van der Waals surface area contributed by atoms with E-state index in [2.05, 4.69) is 30.3 Å². The van der Waals surface area contributed by atoms with Crippen LogP contribution >= 0.6 is 0 Å². The molecular formula is C16H18O2. The van der Waals surface area contributed by atoms with Gasteiger partial charge >= 0.3 is 0 Å². The van der Waals surface area contributed by atoms with Gasteiger partial charge in [0.25, 0.3) is 0 Å². The van der Waals surface area contributed by atoms with Crippen molar-refractivity contribution in [3.63, 3.8) is 0 Å². The minimum atomic E-state index is 0.200. The maximum absolute atomic E-state index is 8.88. The van der Waals surface area contributed by atoms with Crippen molar-refractivity contribution in [2.75, 3.05) is 13.7 Å². The molecule has 2 aromatic rings. The molecule has 0 saturated heterocycles. The normalized spacial score (nSPS) is 10.3. The maximum Gasteiger partial charge on any atom is 0.122 e. The van der Waals surface area contributed by atoms with Gasteiger partial charge in [0.05, 0.1) is 7.11 Å². The third kappa shape index (κ3) is 3.11. The Morgan fingerprint density at radius 2 is 1.61 bits per heavy atom. The first-order valence-corrected chi connectivity index (χ1v) is 6.14. The first-order valence-electron chi connectivity index (χ1n) is 6.14. The van der Waals surface area contributed by atoms with Crippen molar-refractivity contribution in [1.29, 1.82) is 0 Å². The zero-order valence-corrected chi connectivity index (χ0v) is 10.6. The van der Waals surface area contributed by atoms with Gasteiger partial charge in [-0.2, -0.15) is 0 Å². The van der Waals surface area contributed by atoms with Crippen LogP contribution in [-0.4, -0.2) is 18.8 Å². The lowest BCUT2D eigenvalue weighted by molar-refractivity contribution is 0.299. The molecular weight excluding hydrogens is 224 g/mol. The molecule has 0 radical (unpaired) electrons. The highest BCUT2D eigenvalue weighted by Gasteiger charge is 2.03. The lowest BCUT2D eigenvalue weighted by Crippen LogP contribution is -1.95. The van der Waals surface area contributed by atoms with Gasteiger partial charge in [-0.25, -0.2) is 0 Å². The number of para-hydroxylation sites is 1. The van der Waals surface area contributed by atoms with Crippen molar-refractivity contribution in [1.82, 2.24) is 0 Å². The van der Waals surface area contributed by atoms with Crippen LogP contribution in [0.4, 0.5) is 0 Å². The van der Waals surface area contributed by atoms with E-state index in [9.17, 15) is 0 Å². The minimum absolute atomic E-state index is 0.200. The molecule has 0 spiro atoms. The molecule has 0 aliphatic heterocycles. The number of hydrogen-bond donors (Lipinski definition) is 1. The average Bonchev–Trinajstić information content (AvgIpc) is 2.42. The zero-order chi connectivity index (χ0) is 12.8. The molecule has 1 N–H and O–H groups in total. The fraction of sp³-hybridized carbons (Fsp3) is 0.250. The van der Waals surface area contributed by atoms with E-state index >= 15 is 0 Å². The van der Waals surface area contributed by atoms with E-state index in [4.69, 9.17) is 9.84 Å². The van der Waals surface area contributed by atoms with E-state index in [0.29, 0.717) is 0 Å². The Hall–Kier alpha value is -1.80. The van der Waals surface area contributed by atoms with Crippen LogP contribution in [0.2, 0.25) is 0 Å². The van der Waals surface area contributed by atoms with Crippen molar-refractivity contribution < 1.29 is 9.84 Å². The summed E-state index contributed by atoms with van der Waals surface area (Å²) in [5.41, 5.74) is 3.61. The van der Waals surface area contributed by atoms with Gasteiger partial charge in [-0.15, -0.1) is 0 Å². The molecule has 2 heteroatoms. The van der Waals surface area contributed by atoms with Crippen LogP contribution in [0, 0.1) is 0 Å². The summed E-state index contributed by atoms with van der Waals surface area (Å²) in [4.78, 5) is 0. The van der Waals surface area contributed by atoms with Crippen molar-refractivity contribution in [3.8, 4) is 5.75 Å². The van der Waals surface area contributed by atoms with Gasteiger partial charge in [0.1, 0.15) is 5.75 Å². The number of benzene rings is 2. The van der Waals surface area contributed by atoms with Crippen LogP contribution in [0.15, 0.2) is 48.5 Å². The number of methoxy groups -OCH3 is 1. The quantitative estimate of drug-likeness (QED) is 0.873. The number of rotatable bonds is 5. The molecule has 2 nitrogen and oxygen atoms in total. The Balaban J connectivity index is 2.13. The molecule has 0 bridgehead atoms. The molecule has 2 aromatic carbocycles. The summed E-state index contributed by atoms with van der Waals surface area (Å²) in [6.07, 6.45) is 1.58. The molecule has 94 valence electrons. The Morgan fingerprint density at radius 1 is 0.944 bits per heavy atom. The molecule has 0 atom stereocenters. The Bertz CT molecular complexity index is 489. The number of hydrogen-bond acceptors (Lipinski definition) is 2. The molecule has 0 aliphatic rings. The predicted octanol–water partition coefficient (Wildman–Crippen LogP) is 2.82. The highest BCUT2D eigenvalue weighted by molar-refractivity contribution is 5.38. The van der Waals surface area contributed by atoms with Crippen LogP contribution in [0.25, 0.3) is 0 Å². The summed E-state index contributed by atoms with van der Waals surface area (Å²) in [6, 6.07) is 16.4. The number of ether oxygens (including phenoxy) is 1. The largest absolute Gasteiger partial charge is 0.496 e. The predicted molar refractivity (Wildman–Crippen MR) is 73.0 cm³/mol. The molecule has 18 heavy (non-hydrogen) atoms. The van der Waals surface area contributed by atoms with Gasteiger partial charge in [-0.3, -0.25) is 0 Å². The zero-order valence-electron chi connectivity index (χ0n) is 10.6. The van der Waals surface area contributed by atoms with Gasteiger partial charge in [0.2, 0.25) is 0 Å². The van der Waals surface area contributed by atoms with Crippen molar-refractivity contribution in [2.45, 2.75) is 12.8 Å². The second kappa shape index (κ2) is 6.22.